The maximum absolute atomic E-state index is 14.1. The monoisotopic (exact) mass is 294 g/mol. The highest BCUT2D eigenvalue weighted by Gasteiger charge is 2.11. The fourth-order valence-electron chi connectivity index (χ4n) is 1.89. The smallest absolute Gasteiger partial charge is 0.131 e. The zero-order valence-corrected chi connectivity index (χ0v) is 12.5. The highest BCUT2D eigenvalue weighted by molar-refractivity contribution is 7.09. The zero-order valence-electron chi connectivity index (χ0n) is 11.7. The van der Waals surface area contributed by atoms with E-state index in [0.29, 0.717) is 17.9 Å². The maximum Gasteiger partial charge on any atom is 0.131 e. The molecule has 0 aliphatic carbocycles. The summed E-state index contributed by atoms with van der Waals surface area (Å²) in [5.74, 6) is 0.310. The molecule has 2 rings (SSSR count). The number of hydrogen-bond donors (Lipinski definition) is 1. The van der Waals surface area contributed by atoms with E-state index in [-0.39, 0.29) is 11.9 Å². The van der Waals surface area contributed by atoms with Gasteiger partial charge in [0.2, 0.25) is 0 Å². The van der Waals surface area contributed by atoms with Crippen molar-refractivity contribution < 1.29 is 9.13 Å². The molecule has 1 aromatic carbocycles. The molecule has 0 bridgehead atoms. The molecule has 108 valence electrons. The standard InChI is InChI=1S/C15H19FN2OS/c1-3-6-18-11(2)14-5-4-12(7-15(14)16)19-9-13-8-17-10-20-13/h4-5,7-8,10-11,18H,3,6,9H2,1-2H3. The lowest BCUT2D eigenvalue weighted by atomic mass is 10.1. The predicted octanol–water partition coefficient (Wildman–Crippen LogP) is 3.92. The van der Waals surface area contributed by atoms with E-state index in [4.69, 9.17) is 4.74 Å². The van der Waals surface area contributed by atoms with Crippen LogP contribution in [0.15, 0.2) is 29.9 Å². The molecule has 0 radical (unpaired) electrons. The molecule has 0 saturated heterocycles. The normalized spacial score (nSPS) is 12.3. The Bertz CT molecular complexity index is 531. The highest BCUT2D eigenvalue weighted by Crippen LogP contribution is 2.23. The van der Waals surface area contributed by atoms with Gasteiger partial charge in [-0.2, -0.15) is 0 Å². The third-order valence-electron chi connectivity index (χ3n) is 3.00. The van der Waals surface area contributed by atoms with Crippen molar-refractivity contribution in [3.8, 4) is 5.75 Å². The van der Waals surface area contributed by atoms with E-state index in [9.17, 15) is 4.39 Å². The highest BCUT2D eigenvalue weighted by atomic mass is 32.1. The number of benzene rings is 1. The Hall–Kier alpha value is -1.46. The molecule has 2 aromatic rings. The number of rotatable bonds is 7. The summed E-state index contributed by atoms with van der Waals surface area (Å²) in [6.07, 6.45) is 2.79. The lowest BCUT2D eigenvalue weighted by molar-refractivity contribution is 0.307. The summed E-state index contributed by atoms with van der Waals surface area (Å²) in [6, 6.07) is 5.04. The fourth-order valence-corrected chi connectivity index (χ4v) is 2.39. The third kappa shape index (κ3) is 4.02. The van der Waals surface area contributed by atoms with E-state index >= 15 is 0 Å². The topological polar surface area (TPSA) is 34.1 Å². The van der Waals surface area contributed by atoms with Gasteiger partial charge in [-0.15, -0.1) is 11.3 Å². The number of nitrogens with zero attached hydrogens (tertiary/aromatic N) is 1. The van der Waals surface area contributed by atoms with Gasteiger partial charge in [-0.05, 0) is 26.0 Å². The van der Waals surface area contributed by atoms with Gasteiger partial charge in [0.15, 0.2) is 0 Å². The first-order valence-electron chi connectivity index (χ1n) is 6.73. The second-order valence-corrected chi connectivity index (χ2v) is 5.59. The van der Waals surface area contributed by atoms with Crippen molar-refractivity contribution >= 4 is 11.3 Å². The average molecular weight is 294 g/mol. The SMILES string of the molecule is CCCNC(C)c1ccc(OCc2cncs2)cc1F. The number of nitrogens with one attached hydrogen (secondary N) is 1. The minimum atomic E-state index is -0.233. The summed E-state index contributed by atoms with van der Waals surface area (Å²) in [6.45, 7) is 5.36. The quantitative estimate of drug-likeness (QED) is 0.840. The second kappa shape index (κ2) is 7.36. The van der Waals surface area contributed by atoms with E-state index in [1.54, 1.807) is 17.8 Å². The van der Waals surface area contributed by atoms with E-state index in [1.165, 1.54) is 17.4 Å². The van der Waals surface area contributed by atoms with Gasteiger partial charge in [-0.25, -0.2) is 4.39 Å². The Kier molecular flexibility index (Phi) is 5.49. The van der Waals surface area contributed by atoms with Crippen LogP contribution in [0.5, 0.6) is 5.75 Å². The summed E-state index contributed by atoms with van der Waals surface area (Å²) in [4.78, 5) is 4.99. The van der Waals surface area contributed by atoms with Crippen LogP contribution in [0, 0.1) is 5.82 Å². The molecule has 0 aliphatic rings. The van der Waals surface area contributed by atoms with Crippen molar-refractivity contribution in [3.63, 3.8) is 0 Å². The van der Waals surface area contributed by atoms with Crippen molar-refractivity contribution in [3.05, 3.63) is 46.2 Å². The fraction of sp³-hybridized carbons (Fsp3) is 0.400. The Morgan fingerprint density at radius 2 is 2.30 bits per heavy atom. The van der Waals surface area contributed by atoms with E-state index < -0.39 is 0 Å². The Morgan fingerprint density at radius 3 is 2.95 bits per heavy atom. The Labute approximate surface area is 122 Å². The van der Waals surface area contributed by atoms with Crippen molar-refractivity contribution in [1.29, 1.82) is 0 Å². The van der Waals surface area contributed by atoms with Crippen molar-refractivity contribution in [2.24, 2.45) is 0 Å². The van der Waals surface area contributed by atoms with Gasteiger partial charge < -0.3 is 10.1 Å². The second-order valence-electron chi connectivity index (χ2n) is 4.62. The van der Waals surface area contributed by atoms with E-state index in [0.717, 1.165) is 17.8 Å². The number of ether oxygens (including phenoxy) is 1. The number of halogens is 1. The summed E-state index contributed by atoms with van der Waals surface area (Å²) >= 11 is 1.52. The third-order valence-corrected chi connectivity index (χ3v) is 3.76. The van der Waals surface area contributed by atoms with Crippen LogP contribution in [0.3, 0.4) is 0 Å². The molecule has 20 heavy (non-hydrogen) atoms. The van der Waals surface area contributed by atoms with Crippen LogP contribution in [0.4, 0.5) is 4.39 Å². The predicted molar refractivity (Wildman–Crippen MR) is 79.6 cm³/mol. The van der Waals surface area contributed by atoms with Crippen LogP contribution < -0.4 is 10.1 Å². The first-order valence-corrected chi connectivity index (χ1v) is 7.61. The summed E-state index contributed by atoms with van der Waals surface area (Å²) in [5.41, 5.74) is 2.42. The van der Waals surface area contributed by atoms with Gasteiger partial charge in [0.1, 0.15) is 18.2 Å². The van der Waals surface area contributed by atoms with Crippen molar-refractivity contribution in [1.82, 2.24) is 10.3 Å². The van der Waals surface area contributed by atoms with Crippen LogP contribution in [0.25, 0.3) is 0 Å². The van der Waals surface area contributed by atoms with Gasteiger partial charge in [-0.1, -0.05) is 13.0 Å². The lowest BCUT2D eigenvalue weighted by Gasteiger charge is -2.15. The number of hydrogen-bond acceptors (Lipinski definition) is 4. The molecular weight excluding hydrogens is 275 g/mol. The molecule has 1 aromatic heterocycles. The molecule has 1 atom stereocenters. The molecule has 1 N–H and O–H groups in total. The van der Waals surface area contributed by atoms with Gasteiger partial charge in [0, 0.05) is 23.9 Å². The molecule has 0 saturated carbocycles. The summed E-state index contributed by atoms with van der Waals surface area (Å²) < 4.78 is 19.6. The molecule has 5 heteroatoms. The van der Waals surface area contributed by atoms with Crippen LogP contribution >= 0.6 is 11.3 Å². The van der Waals surface area contributed by atoms with Gasteiger partial charge in [0.25, 0.3) is 0 Å². The van der Waals surface area contributed by atoms with E-state index in [1.807, 2.05) is 13.0 Å². The van der Waals surface area contributed by atoms with Crippen molar-refractivity contribution in [2.45, 2.75) is 32.9 Å². The van der Waals surface area contributed by atoms with Gasteiger partial charge in [-0.3, -0.25) is 4.98 Å². The molecule has 0 fully saturated rings. The van der Waals surface area contributed by atoms with Crippen LogP contribution in [0.2, 0.25) is 0 Å². The molecule has 3 nitrogen and oxygen atoms in total. The minimum absolute atomic E-state index is 0.00509. The summed E-state index contributed by atoms with van der Waals surface area (Å²) in [7, 11) is 0. The number of aromatic nitrogens is 1. The molecule has 1 heterocycles. The average Bonchev–Trinajstić information content (AvgIpc) is 2.96. The lowest BCUT2D eigenvalue weighted by Crippen LogP contribution is -2.20. The van der Waals surface area contributed by atoms with Crippen molar-refractivity contribution in [2.75, 3.05) is 6.54 Å². The molecular formula is C15H19FN2OS. The summed E-state index contributed by atoms with van der Waals surface area (Å²) in [5, 5.41) is 3.28. The van der Waals surface area contributed by atoms with Crippen LogP contribution in [0.1, 0.15) is 36.8 Å². The van der Waals surface area contributed by atoms with Crippen LogP contribution in [-0.2, 0) is 6.61 Å². The van der Waals surface area contributed by atoms with Gasteiger partial charge >= 0.3 is 0 Å². The van der Waals surface area contributed by atoms with Gasteiger partial charge in [0.05, 0.1) is 10.4 Å². The molecule has 1 unspecified atom stereocenters. The Balaban J connectivity index is 1.98. The molecule has 0 spiro atoms. The number of thiazole rings is 1. The van der Waals surface area contributed by atoms with E-state index in [2.05, 4.69) is 17.2 Å². The maximum atomic E-state index is 14.1. The molecule has 0 amide bonds. The zero-order chi connectivity index (χ0) is 14.4. The van der Waals surface area contributed by atoms with Crippen LogP contribution in [-0.4, -0.2) is 11.5 Å². The minimum Gasteiger partial charge on any atom is -0.488 e. The first-order chi connectivity index (χ1) is 9.70. The first kappa shape index (κ1) is 14.9. The molecule has 0 aliphatic heterocycles. The largest absolute Gasteiger partial charge is 0.488 e. The Morgan fingerprint density at radius 1 is 1.45 bits per heavy atom.